The molecule has 0 amide bonds. The lowest BCUT2D eigenvalue weighted by Crippen LogP contribution is -2.19. The van der Waals surface area contributed by atoms with Crippen LogP contribution in [0.5, 0.6) is 5.75 Å². The van der Waals surface area contributed by atoms with E-state index in [1.54, 1.807) is 7.11 Å². The van der Waals surface area contributed by atoms with Gasteiger partial charge in [0.05, 0.1) is 34.8 Å². The smallest absolute Gasteiger partial charge is 0.168 e. The van der Waals surface area contributed by atoms with Crippen LogP contribution in [0.3, 0.4) is 0 Å². The van der Waals surface area contributed by atoms with Crippen molar-refractivity contribution in [2.75, 3.05) is 12.4 Å². The van der Waals surface area contributed by atoms with Gasteiger partial charge in [-0.3, -0.25) is 4.79 Å². The van der Waals surface area contributed by atoms with E-state index < -0.39 is 0 Å². The lowest BCUT2D eigenvalue weighted by atomic mass is 9.87. The second kappa shape index (κ2) is 7.32. The van der Waals surface area contributed by atoms with E-state index >= 15 is 0 Å². The van der Waals surface area contributed by atoms with Crippen LogP contribution in [0.1, 0.15) is 35.0 Å². The summed E-state index contributed by atoms with van der Waals surface area (Å²) in [6, 6.07) is 13.4. The molecule has 0 saturated heterocycles. The number of fused-ring (bicyclic) bond motifs is 1. The molecule has 1 heterocycles. The largest absolute Gasteiger partial charge is 0.497 e. The highest BCUT2D eigenvalue weighted by molar-refractivity contribution is 6.33. The maximum absolute atomic E-state index is 12.8. The highest BCUT2D eigenvalue weighted by Crippen LogP contribution is 2.35. The molecule has 0 radical (unpaired) electrons. The number of Topliss-reactive ketones (excluding diaryl/α,β-unsaturated/α-hetero) is 1. The topological polar surface area (TPSA) is 56.1 Å². The molecule has 0 spiro atoms. The molecular weight excluding hydrogens is 374 g/mol. The van der Waals surface area contributed by atoms with Gasteiger partial charge in [0.15, 0.2) is 11.6 Å². The Labute approximate surface area is 169 Å². The SMILES string of the molecule is COc1ccc(-n2nc(Nc3ccc(C)cc3Cl)c3c2CC(C)CC3=O)cc1. The first-order valence-electron chi connectivity index (χ1n) is 9.29. The number of hydrogen-bond acceptors (Lipinski definition) is 4. The third-order valence-corrected chi connectivity index (χ3v) is 5.34. The minimum Gasteiger partial charge on any atom is -0.497 e. The molecule has 1 N–H and O–H groups in total. The van der Waals surface area contributed by atoms with Crippen molar-refractivity contribution in [1.29, 1.82) is 0 Å². The number of carbonyl (C=O) groups is 1. The number of carbonyl (C=O) groups excluding carboxylic acids is 1. The van der Waals surface area contributed by atoms with E-state index in [9.17, 15) is 4.79 Å². The van der Waals surface area contributed by atoms with Gasteiger partial charge in [-0.05, 0) is 61.2 Å². The van der Waals surface area contributed by atoms with Crippen LogP contribution in [-0.4, -0.2) is 22.7 Å². The summed E-state index contributed by atoms with van der Waals surface area (Å²) in [5.41, 5.74) is 4.29. The summed E-state index contributed by atoms with van der Waals surface area (Å²) in [5, 5.41) is 8.62. The van der Waals surface area contributed by atoms with Crippen molar-refractivity contribution in [3.8, 4) is 11.4 Å². The number of nitrogens with one attached hydrogen (secondary N) is 1. The number of ether oxygens (including phenoxy) is 1. The molecule has 144 valence electrons. The summed E-state index contributed by atoms with van der Waals surface area (Å²) in [6.07, 6.45) is 1.32. The predicted molar refractivity (Wildman–Crippen MR) is 111 cm³/mol. The van der Waals surface area contributed by atoms with E-state index in [-0.39, 0.29) is 11.7 Å². The monoisotopic (exact) mass is 395 g/mol. The third-order valence-electron chi connectivity index (χ3n) is 5.03. The summed E-state index contributed by atoms with van der Waals surface area (Å²) >= 11 is 6.38. The Morgan fingerprint density at radius 2 is 1.93 bits per heavy atom. The van der Waals surface area contributed by atoms with E-state index in [0.717, 1.165) is 34.8 Å². The number of ketones is 1. The van der Waals surface area contributed by atoms with Crippen LogP contribution in [0.2, 0.25) is 5.02 Å². The lowest BCUT2D eigenvalue weighted by Gasteiger charge is -2.19. The molecule has 28 heavy (non-hydrogen) atoms. The number of halogens is 1. The second-order valence-corrected chi connectivity index (χ2v) is 7.73. The molecule has 1 aliphatic rings. The fourth-order valence-electron chi connectivity index (χ4n) is 3.63. The van der Waals surface area contributed by atoms with Crippen LogP contribution in [0, 0.1) is 12.8 Å². The number of benzene rings is 2. The molecule has 6 heteroatoms. The van der Waals surface area contributed by atoms with Crippen molar-refractivity contribution in [3.05, 3.63) is 64.3 Å². The summed E-state index contributed by atoms with van der Waals surface area (Å²) in [5.74, 6) is 1.72. The Kier molecular flexibility index (Phi) is 4.85. The standard InChI is InChI=1S/C22H22ClN3O2/c1-13-4-9-18(17(23)10-13)24-22-21-19(11-14(2)12-20(21)27)26(25-22)15-5-7-16(28-3)8-6-15/h4-10,14H,11-12H2,1-3H3,(H,24,25). The number of methoxy groups -OCH3 is 1. The van der Waals surface area contributed by atoms with Crippen LogP contribution < -0.4 is 10.1 Å². The first kappa shape index (κ1) is 18.6. The lowest BCUT2D eigenvalue weighted by molar-refractivity contribution is 0.0953. The summed E-state index contributed by atoms with van der Waals surface area (Å²) in [4.78, 5) is 12.8. The predicted octanol–water partition coefficient (Wildman–Crippen LogP) is 5.35. The number of anilines is 2. The molecule has 2 aromatic carbocycles. The summed E-state index contributed by atoms with van der Waals surface area (Å²) in [7, 11) is 1.64. The van der Waals surface area contributed by atoms with Crippen molar-refractivity contribution in [2.45, 2.75) is 26.7 Å². The number of hydrogen-bond donors (Lipinski definition) is 1. The van der Waals surface area contributed by atoms with Crippen LogP contribution in [0.25, 0.3) is 5.69 Å². The molecule has 0 saturated carbocycles. The highest BCUT2D eigenvalue weighted by atomic mass is 35.5. The van der Waals surface area contributed by atoms with Crippen LogP contribution in [0.4, 0.5) is 11.5 Å². The molecule has 1 aromatic heterocycles. The minimum absolute atomic E-state index is 0.110. The van der Waals surface area contributed by atoms with Gasteiger partial charge < -0.3 is 10.1 Å². The Hall–Kier alpha value is -2.79. The average Bonchev–Trinajstić information content (AvgIpc) is 3.02. The van der Waals surface area contributed by atoms with Gasteiger partial charge in [0.1, 0.15) is 5.75 Å². The van der Waals surface area contributed by atoms with E-state index in [4.69, 9.17) is 21.4 Å². The van der Waals surface area contributed by atoms with Crippen LogP contribution in [0.15, 0.2) is 42.5 Å². The zero-order chi connectivity index (χ0) is 19.8. The zero-order valence-electron chi connectivity index (χ0n) is 16.1. The number of nitrogens with zero attached hydrogens (tertiary/aromatic N) is 2. The number of aromatic nitrogens is 2. The summed E-state index contributed by atoms with van der Waals surface area (Å²) in [6.45, 7) is 4.08. The normalized spacial score (nSPS) is 16.0. The van der Waals surface area contributed by atoms with Gasteiger partial charge in [-0.2, -0.15) is 0 Å². The van der Waals surface area contributed by atoms with E-state index in [2.05, 4.69) is 12.2 Å². The zero-order valence-corrected chi connectivity index (χ0v) is 16.9. The van der Waals surface area contributed by atoms with Crippen molar-refractivity contribution in [3.63, 3.8) is 0 Å². The van der Waals surface area contributed by atoms with Gasteiger partial charge in [0.25, 0.3) is 0 Å². The van der Waals surface area contributed by atoms with Crippen LogP contribution in [-0.2, 0) is 6.42 Å². The number of aryl methyl sites for hydroxylation is 1. The molecule has 1 atom stereocenters. The highest BCUT2D eigenvalue weighted by Gasteiger charge is 2.31. The van der Waals surface area contributed by atoms with Gasteiger partial charge in [-0.25, -0.2) is 4.68 Å². The Morgan fingerprint density at radius 3 is 2.61 bits per heavy atom. The van der Waals surface area contributed by atoms with Gasteiger partial charge in [0.2, 0.25) is 0 Å². The van der Waals surface area contributed by atoms with Crippen LogP contribution >= 0.6 is 11.6 Å². The first-order valence-corrected chi connectivity index (χ1v) is 9.66. The minimum atomic E-state index is 0.110. The molecule has 1 aliphatic carbocycles. The quantitative estimate of drug-likeness (QED) is 0.646. The van der Waals surface area contributed by atoms with Crippen molar-refractivity contribution >= 4 is 28.9 Å². The summed E-state index contributed by atoms with van der Waals surface area (Å²) < 4.78 is 7.10. The van der Waals surface area contributed by atoms with E-state index in [1.807, 2.05) is 54.1 Å². The molecule has 0 fully saturated rings. The maximum atomic E-state index is 12.8. The van der Waals surface area contributed by atoms with Crippen molar-refractivity contribution < 1.29 is 9.53 Å². The Bertz CT molecular complexity index is 1040. The molecular formula is C22H22ClN3O2. The van der Waals surface area contributed by atoms with Crippen molar-refractivity contribution in [1.82, 2.24) is 9.78 Å². The number of rotatable bonds is 4. The molecule has 3 aromatic rings. The van der Waals surface area contributed by atoms with Gasteiger partial charge in [-0.1, -0.05) is 24.6 Å². The Balaban J connectivity index is 1.81. The second-order valence-electron chi connectivity index (χ2n) is 7.33. The van der Waals surface area contributed by atoms with Gasteiger partial charge in [0, 0.05) is 6.42 Å². The third kappa shape index (κ3) is 3.38. The molecule has 0 aliphatic heterocycles. The first-order chi connectivity index (χ1) is 13.5. The Morgan fingerprint density at radius 1 is 1.18 bits per heavy atom. The molecule has 0 bridgehead atoms. The van der Waals surface area contributed by atoms with Gasteiger partial charge in [-0.15, -0.1) is 5.10 Å². The van der Waals surface area contributed by atoms with Crippen molar-refractivity contribution in [2.24, 2.45) is 5.92 Å². The van der Waals surface area contributed by atoms with E-state index in [1.165, 1.54) is 0 Å². The molecule has 5 nitrogen and oxygen atoms in total. The molecule has 4 rings (SSSR count). The molecule has 1 unspecified atom stereocenters. The fraction of sp³-hybridized carbons (Fsp3) is 0.273. The van der Waals surface area contributed by atoms with Gasteiger partial charge >= 0.3 is 0 Å². The van der Waals surface area contributed by atoms with E-state index in [0.29, 0.717) is 22.8 Å². The fourth-order valence-corrected chi connectivity index (χ4v) is 3.91. The average molecular weight is 396 g/mol. The maximum Gasteiger partial charge on any atom is 0.168 e.